The van der Waals surface area contributed by atoms with Crippen LogP contribution in [0.1, 0.15) is 50.1 Å². The predicted octanol–water partition coefficient (Wildman–Crippen LogP) is 11.8. The van der Waals surface area contributed by atoms with Crippen molar-refractivity contribution in [1.82, 2.24) is 0 Å². The molecule has 4 aromatic rings. The first-order chi connectivity index (χ1) is 24.3. The number of nitriles is 3. The fraction of sp³-hybridized carbons (Fsp3) is 0.133. The fourth-order valence-electron chi connectivity index (χ4n) is 5.03. The number of benzene rings is 4. The van der Waals surface area contributed by atoms with Gasteiger partial charge in [0.15, 0.2) is 0 Å². The summed E-state index contributed by atoms with van der Waals surface area (Å²) in [5.74, 6) is 0. The highest BCUT2D eigenvalue weighted by atomic mass is 28.3. The summed E-state index contributed by atoms with van der Waals surface area (Å²) in [6.45, 7) is 14.0. The smallest absolute Gasteiger partial charge is 0.0991 e. The third-order valence-corrected chi connectivity index (χ3v) is 14.5. The van der Waals surface area contributed by atoms with Gasteiger partial charge in [-0.05, 0) is 88.0 Å². The normalized spacial score (nSPS) is 12.8. The zero-order chi connectivity index (χ0) is 36.9. The second kappa shape index (κ2) is 17.4. The number of rotatable bonds is 12. The summed E-state index contributed by atoms with van der Waals surface area (Å²) in [5.41, 5.74) is 22.9. The van der Waals surface area contributed by atoms with E-state index in [1.807, 2.05) is 72.8 Å². The van der Waals surface area contributed by atoms with Crippen molar-refractivity contribution in [1.29, 1.82) is 15.8 Å². The van der Waals surface area contributed by atoms with Crippen molar-refractivity contribution in [2.75, 3.05) is 0 Å². The maximum absolute atomic E-state index is 9.12. The minimum Gasteiger partial charge on any atom is -0.192 e. The lowest BCUT2D eigenvalue weighted by Crippen LogP contribution is -2.19. The van der Waals surface area contributed by atoms with Crippen LogP contribution in [0.5, 0.6) is 0 Å². The van der Waals surface area contributed by atoms with Crippen molar-refractivity contribution in [2.24, 2.45) is 0 Å². The van der Waals surface area contributed by atoms with Gasteiger partial charge in [0.2, 0.25) is 0 Å². The summed E-state index contributed by atoms with van der Waals surface area (Å²) in [6.07, 6.45) is 13.3. The van der Waals surface area contributed by atoms with Gasteiger partial charge in [0.1, 0.15) is 0 Å². The van der Waals surface area contributed by atoms with Gasteiger partial charge in [-0.15, -0.1) is 0 Å². The van der Waals surface area contributed by atoms with E-state index < -0.39 is 24.2 Å². The average molecular weight is 712 g/mol. The van der Waals surface area contributed by atoms with Gasteiger partial charge in [-0.3, -0.25) is 0 Å². The molecular formula is C45H45N3Si3. The first kappa shape index (κ1) is 38.2. The number of hydrogen-bond acceptors (Lipinski definition) is 3. The van der Waals surface area contributed by atoms with Crippen LogP contribution in [0.4, 0.5) is 0 Å². The second-order valence-corrected chi connectivity index (χ2v) is 27.5. The molecule has 0 saturated carbocycles. The van der Waals surface area contributed by atoms with Crippen LogP contribution >= 0.6 is 0 Å². The lowest BCUT2D eigenvalue weighted by atomic mass is 10.1. The van der Waals surface area contributed by atoms with E-state index in [1.54, 1.807) is 0 Å². The minimum atomic E-state index is -1.82. The van der Waals surface area contributed by atoms with Crippen molar-refractivity contribution >= 4 is 60.7 Å². The Kier molecular flexibility index (Phi) is 13.0. The van der Waals surface area contributed by atoms with Crippen LogP contribution in [0, 0.1) is 34.0 Å². The highest BCUT2D eigenvalue weighted by Crippen LogP contribution is 2.21. The lowest BCUT2D eigenvalue weighted by molar-refractivity contribution is 1.48. The van der Waals surface area contributed by atoms with Gasteiger partial charge in [-0.1, -0.05) is 146 Å². The molecule has 0 heterocycles. The lowest BCUT2D eigenvalue weighted by Gasteiger charge is -2.14. The molecule has 0 radical (unpaired) electrons. The van der Waals surface area contributed by atoms with E-state index in [0.29, 0.717) is 16.7 Å². The van der Waals surface area contributed by atoms with Crippen molar-refractivity contribution in [3.63, 3.8) is 0 Å². The molecule has 3 nitrogen and oxygen atoms in total. The first-order valence-electron chi connectivity index (χ1n) is 17.1. The summed E-state index contributed by atoms with van der Waals surface area (Å²) >= 11 is 0. The zero-order valence-corrected chi connectivity index (χ0v) is 33.4. The topological polar surface area (TPSA) is 71.4 Å². The van der Waals surface area contributed by atoms with Crippen LogP contribution in [-0.4, -0.2) is 24.2 Å². The Morgan fingerprint density at radius 2 is 0.529 bits per heavy atom. The summed E-state index contributed by atoms with van der Waals surface area (Å²) in [5, 5.41) is 27.4. The van der Waals surface area contributed by atoms with Gasteiger partial charge in [-0.25, -0.2) is 0 Å². The summed E-state index contributed by atoms with van der Waals surface area (Å²) in [4.78, 5) is 0. The third-order valence-electron chi connectivity index (χ3n) is 8.35. The van der Waals surface area contributed by atoms with E-state index in [2.05, 4.69) is 146 Å². The Morgan fingerprint density at radius 1 is 0.333 bits per heavy atom. The van der Waals surface area contributed by atoms with E-state index in [0.717, 1.165) is 16.7 Å². The Hall–Kier alpha value is -5.56. The van der Waals surface area contributed by atoms with Gasteiger partial charge in [-0.2, -0.15) is 15.8 Å². The quantitative estimate of drug-likeness (QED) is 0.137. The zero-order valence-electron chi connectivity index (χ0n) is 30.4. The van der Waals surface area contributed by atoms with Crippen LogP contribution in [0.2, 0.25) is 39.3 Å². The van der Waals surface area contributed by atoms with Gasteiger partial charge in [0, 0.05) is 0 Å². The molecule has 0 aliphatic heterocycles. The minimum absolute atomic E-state index is 0.670. The van der Waals surface area contributed by atoms with E-state index in [4.69, 9.17) is 15.8 Å². The van der Waals surface area contributed by atoms with Gasteiger partial charge < -0.3 is 0 Å². The molecule has 0 aromatic heterocycles. The monoisotopic (exact) mass is 711 g/mol. The van der Waals surface area contributed by atoms with Crippen LogP contribution in [0.3, 0.4) is 0 Å². The summed E-state index contributed by atoms with van der Waals surface area (Å²) in [6, 6.07) is 36.5. The van der Waals surface area contributed by atoms with Gasteiger partial charge >= 0.3 is 0 Å². The van der Waals surface area contributed by atoms with Crippen LogP contribution in [-0.2, 0) is 0 Å². The largest absolute Gasteiger partial charge is 0.192 e. The highest BCUT2D eigenvalue weighted by Gasteiger charge is 2.15. The summed E-state index contributed by atoms with van der Waals surface area (Å²) < 4.78 is 0. The number of nitrogens with zero attached hydrogens (tertiary/aromatic N) is 3. The fourth-order valence-corrected chi connectivity index (χ4v) is 9.10. The molecule has 0 atom stereocenters. The van der Waals surface area contributed by atoms with E-state index in [1.165, 1.54) is 16.7 Å². The van der Waals surface area contributed by atoms with Crippen LogP contribution < -0.4 is 0 Å². The molecule has 0 aliphatic rings. The average Bonchev–Trinajstić information content (AvgIpc) is 3.14. The van der Waals surface area contributed by atoms with E-state index >= 15 is 0 Å². The Balaban J connectivity index is 1.61. The third kappa shape index (κ3) is 13.0. The van der Waals surface area contributed by atoms with Gasteiger partial charge in [0.05, 0.1) is 59.1 Å². The molecule has 51 heavy (non-hydrogen) atoms. The van der Waals surface area contributed by atoms with E-state index in [9.17, 15) is 0 Å². The molecule has 0 spiro atoms. The molecule has 0 fully saturated rings. The molecule has 6 heteroatoms. The molecule has 0 saturated heterocycles. The SMILES string of the molecule is C[Si](C)(/C=C/c1ccc(C#N)cc1)/C=C/c1cc(/C=C/[Si](C)(C)/C=C/c2ccc(C#N)cc2)cc(/C=C/[Si](C)(C)/C=C/c2ccc(C#N)cc2)c1. The maximum atomic E-state index is 9.12. The molecule has 0 amide bonds. The first-order valence-corrected chi connectivity index (χ1v) is 26.5. The second-order valence-electron chi connectivity index (χ2n) is 14.6. The van der Waals surface area contributed by atoms with Crippen LogP contribution in [0.25, 0.3) is 36.5 Å². The Bertz CT molecular complexity index is 1860. The molecule has 0 bridgehead atoms. The standard InChI is InChI=1S/C45H45N3Si3/c1-49(2,25-19-37-7-13-40(34-46)14-8-37)28-22-43-31-44(23-29-50(3,4)26-20-38-9-15-41(35-47)16-10-38)33-45(32-43)24-30-51(5,6)27-21-39-11-17-42(36-48)18-12-39/h7-33H,1-6H3/b25-19+,26-20+,27-21+,28-22+,29-23+,30-24+. The number of hydrogen-bond donors (Lipinski definition) is 0. The van der Waals surface area contributed by atoms with E-state index in [-0.39, 0.29) is 0 Å². The molecule has 252 valence electrons. The Labute approximate surface area is 307 Å². The Morgan fingerprint density at radius 3 is 0.725 bits per heavy atom. The maximum Gasteiger partial charge on any atom is 0.0991 e. The predicted molar refractivity (Wildman–Crippen MR) is 227 cm³/mol. The highest BCUT2D eigenvalue weighted by molar-refractivity contribution is 6.88. The van der Waals surface area contributed by atoms with Crippen molar-refractivity contribution in [3.8, 4) is 18.2 Å². The van der Waals surface area contributed by atoms with Crippen LogP contribution in [0.15, 0.2) is 125 Å². The van der Waals surface area contributed by atoms with Gasteiger partial charge in [0.25, 0.3) is 0 Å². The van der Waals surface area contributed by atoms with Crippen molar-refractivity contribution < 1.29 is 0 Å². The molecule has 4 aromatic carbocycles. The van der Waals surface area contributed by atoms with Crippen molar-refractivity contribution in [3.05, 3.63) is 175 Å². The molecular weight excluding hydrogens is 667 g/mol. The molecule has 0 aliphatic carbocycles. The summed E-state index contributed by atoms with van der Waals surface area (Å²) in [7, 11) is -5.47. The molecule has 0 unspecified atom stereocenters. The van der Waals surface area contributed by atoms with Crippen molar-refractivity contribution in [2.45, 2.75) is 39.3 Å². The molecule has 4 rings (SSSR count). The molecule has 0 N–H and O–H groups in total.